The molecule has 2 aromatic rings. The third-order valence-electron chi connectivity index (χ3n) is 3.90. The van der Waals surface area contributed by atoms with Crippen molar-refractivity contribution < 1.29 is 4.79 Å². The van der Waals surface area contributed by atoms with Gasteiger partial charge in [-0.05, 0) is 30.2 Å². The first kappa shape index (κ1) is 16.3. The minimum atomic E-state index is -0.584. The van der Waals surface area contributed by atoms with Gasteiger partial charge in [-0.1, -0.05) is 30.7 Å². The molecule has 1 aromatic heterocycles. The number of nitrogens with zero attached hydrogens (tertiary/aromatic N) is 2. The minimum Gasteiger partial charge on any atom is -0.338 e. The van der Waals surface area contributed by atoms with Gasteiger partial charge in [0, 0.05) is 18.6 Å². The number of carbonyl (C=O) groups excluding carboxylic acids is 1. The third kappa shape index (κ3) is 2.59. The molecule has 0 saturated heterocycles. The number of Topliss-reactive ketones (excluding diaryl/α,β-unsaturated/α-hetero) is 1. The lowest BCUT2D eigenvalue weighted by Gasteiger charge is -2.11. The van der Waals surface area contributed by atoms with E-state index in [1.54, 1.807) is 30.3 Å². The summed E-state index contributed by atoms with van der Waals surface area (Å²) in [5, 5.41) is 3.53. The molecule has 0 bridgehead atoms. The van der Waals surface area contributed by atoms with Crippen LogP contribution < -0.4 is 16.6 Å². The largest absolute Gasteiger partial charge is 0.338 e. The smallest absolute Gasteiger partial charge is 0.332 e. The van der Waals surface area contributed by atoms with Crippen molar-refractivity contribution >= 4 is 29.3 Å². The van der Waals surface area contributed by atoms with Gasteiger partial charge in [0.2, 0.25) is 5.78 Å². The summed E-state index contributed by atoms with van der Waals surface area (Å²) in [7, 11) is 1.38. The van der Waals surface area contributed by atoms with Gasteiger partial charge >= 0.3 is 5.69 Å². The van der Waals surface area contributed by atoms with Crippen molar-refractivity contribution in [2.75, 3.05) is 5.32 Å². The van der Waals surface area contributed by atoms with Crippen molar-refractivity contribution in [1.82, 2.24) is 9.13 Å². The predicted octanol–water partition coefficient (Wildman–Crippen LogP) is 2.26. The number of carbonyl (C=O) groups is 1. The molecule has 0 spiro atoms. The highest BCUT2D eigenvalue weighted by molar-refractivity contribution is 6.30. The number of fused-ring (bicyclic) bond motifs is 1. The molecule has 2 heterocycles. The summed E-state index contributed by atoms with van der Waals surface area (Å²) in [6.07, 6.45) is 2.34. The number of hydrogen-bond donors (Lipinski definition) is 1. The highest BCUT2D eigenvalue weighted by Crippen LogP contribution is 2.26. The van der Waals surface area contributed by atoms with Crippen molar-refractivity contribution in [3.8, 4) is 0 Å². The van der Waals surface area contributed by atoms with Crippen LogP contribution in [-0.4, -0.2) is 14.9 Å². The van der Waals surface area contributed by atoms with E-state index >= 15 is 0 Å². The lowest BCUT2D eigenvalue weighted by molar-refractivity contribution is 0.104. The van der Waals surface area contributed by atoms with Gasteiger partial charge in [-0.3, -0.25) is 18.7 Å². The van der Waals surface area contributed by atoms with Crippen LogP contribution in [0.2, 0.25) is 5.02 Å². The summed E-state index contributed by atoms with van der Waals surface area (Å²) >= 11 is 5.86. The highest BCUT2D eigenvalue weighted by atomic mass is 35.5. The quantitative estimate of drug-likeness (QED) is 0.866. The monoisotopic (exact) mass is 345 g/mol. The zero-order valence-electron chi connectivity index (χ0n) is 13.3. The Morgan fingerprint density at radius 1 is 1.17 bits per heavy atom. The molecule has 1 N–H and O–H groups in total. The van der Waals surface area contributed by atoms with Gasteiger partial charge in [0.15, 0.2) is 0 Å². The molecule has 124 valence electrons. The maximum Gasteiger partial charge on any atom is 0.332 e. The van der Waals surface area contributed by atoms with Crippen molar-refractivity contribution in [3.63, 3.8) is 0 Å². The molecule has 3 rings (SSSR count). The first-order chi connectivity index (χ1) is 11.4. The average molecular weight is 346 g/mol. The Kier molecular flexibility index (Phi) is 4.15. The van der Waals surface area contributed by atoms with Gasteiger partial charge < -0.3 is 5.32 Å². The topological polar surface area (TPSA) is 73.1 Å². The van der Waals surface area contributed by atoms with Gasteiger partial charge in [-0.15, -0.1) is 0 Å². The van der Waals surface area contributed by atoms with Crippen molar-refractivity contribution in [3.05, 3.63) is 67.0 Å². The lowest BCUT2D eigenvalue weighted by Crippen LogP contribution is -2.40. The van der Waals surface area contributed by atoms with Gasteiger partial charge in [0.05, 0.1) is 5.70 Å². The van der Waals surface area contributed by atoms with E-state index in [2.05, 4.69) is 5.32 Å². The van der Waals surface area contributed by atoms with Crippen LogP contribution in [0, 0.1) is 0 Å². The number of hydrogen-bond acceptors (Lipinski definition) is 4. The van der Waals surface area contributed by atoms with Crippen LogP contribution in [0.1, 0.15) is 29.3 Å². The molecular weight excluding hydrogens is 330 g/mol. The highest BCUT2D eigenvalue weighted by Gasteiger charge is 2.32. The van der Waals surface area contributed by atoms with Crippen molar-refractivity contribution in [1.29, 1.82) is 0 Å². The van der Waals surface area contributed by atoms with Crippen LogP contribution in [0.25, 0.3) is 6.08 Å². The van der Waals surface area contributed by atoms with Crippen molar-refractivity contribution in [2.45, 2.75) is 19.9 Å². The van der Waals surface area contributed by atoms with Gasteiger partial charge in [0.25, 0.3) is 5.56 Å². The first-order valence-corrected chi connectivity index (χ1v) is 7.94. The summed E-state index contributed by atoms with van der Waals surface area (Å²) in [5.41, 5.74) is 0.0166. The molecule has 0 unspecified atom stereocenters. The van der Waals surface area contributed by atoms with Crippen LogP contribution in [0.3, 0.4) is 0 Å². The zero-order valence-corrected chi connectivity index (χ0v) is 14.1. The van der Waals surface area contributed by atoms with E-state index < -0.39 is 17.0 Å². The Hall–Kier alpha value is -2.60. The molecule has 0 aliphatic carbocycles. The Morgan fingerprint density at radius 2 is 1.83 bits per heavy atom. The normalized spacial score (nSPS) is 14.8. The summed E-state index contributed by atoms with van der Waals surface area (Å²) in [5.74, 6) is -0.138. The van der Waals surface area contributed by atoms with Crippen LogP contribution in [0.4, 0.5) is 5.82 Å². The molecular formula is C17H16ClN3O3. The number of rotatable bonds is 3. The number of nitrogens with one attached hydrogen (secondary N) is 1. The summed E-state index contributed by atoms with van der Waals surface area (Å²) in [6, 6.07) is 6.97. The third-order valence-corrected chi connectivity index (χ3v) is 4.15. The number of ketones is 1. The number of allylic oxidation sites excluding steroid dienone is 1. The number of anilines is 1. The Balaban J connectivity index is 2.15. The molecule has 0 saturated carbocycles. The van der Waals surface area contributed by atoms with Crippen LogP contribution >= 0.6 is 11.6 Å². The SMILES string of the molecule is CCCn1c2c(c(=O)n(C)c1=O)C(=O)/C(=C/c1ccc(Cl)cc1)N2. The van der Waals surface area contributed by atoms with Crippen LogP contribution in [0.15, 0.2) is 39.6 Å². The van der Waals surface area contributed by atoms with Crippen molar-refractivity contribution in [2.24, 2.45) is 7.05 Å². The predicted molar refractivity (Wildman–Crippen MR) is 93.6 cm³/mol. The Bertz CT molecular complexity index is 968. The van der Waals surface area contributed by atoms with E-state index in [-0.39, 0.29) is 17.1 Å². The maximum absolute atomic E-state index is 12.6. The molecule has 24 heavy (non-hydrogen) atoms. The number of halogens is 1. The van der Waals surface area contributed by atoms with Crippen LogP contribution in [-0.2, 0) is 13.6 Å². The number of aromatic nitrogens is 2. The Labute approximate surface area is 143 Å². The Morgan fingerprint density at radius 3 is 2.46 bits per heavy atom. The zero-order chi connectivity index (χ0) is 17.4. The molecule has 6 nitrogen and oxygen atoms in total. The standard InChI is InChI=1S/C17H16ClN3O3/c1-3-8-21-15-13(16(23)20(2)17(21)24)14(22)12(19-15)9-10-4-6-11(18)7-5-10/h4-7,9,19H,3,8H2,1-2H3/b12-9-. The van der Waals surface area contributed by atoms with E-state index in [1.165, 1.54) is 11.6 Å². The summed E-state index contributed by atoms with van der Waals surface area (Å²) in [4.78, 5) is 37.2. The van der Waals surface area contributed by atoms with E-state index in [0.717, 1.165) is 10.1 Å². The summed E-state index contributed by atoms with van der Waals surface area (Å²) in [6.45, 7) is 2.34. The maximum atomic E-state index is 12.6. The molecule has 1 aliphatic heterocycles. The second-order valence-electron chi connectivity index (χ2n) is 5.59. The average Bonchev–Trinajstić information content (AvgIpc) is 2.88. The minimum absolute atomic E-state index is 0.00534. The van der Waals surface area contributed by atoms with E-state index in [0.29, 0.717) is 18.0 Å². The van der Waals surface area contributed by atoms with Gasteiger partial charge in [-0.25, -0.2) is 4.79 Å². The lowest BCUT2D eigenvalue weighted by atomic mass is 10.1. The molecule has 0 fully saturated rings. The van der Waals surface area contributed by atoms with E-state index in [1.807, 2.05) is 6.92 Å². The molecule has 7 heteroatoms. The number of benzene rings is 1. The van der Waals surface area contributed by atoms with Crippen LogP contribution in [0.5, 0.6) is 0 Å². The second-order valence-corrected chi connectivity index (χ2v) is 6.02. The fraction of sp³-hybridized carbons (Fsp3) is 0.235. The fourth-order valence-corrected chi connectivity index (χ4v) is 2.81. The molecule has 1 aromatic carbocycles. The van der Waals surface area contributed by atoms with Gasteiger partial charge in [-0.2, -0.15) is 0 Å². The summed E-state index contributed by atoms with van der Waals surface area (Å²) < 4.78 is 2.40. The second kappa shape index (κ2) is 6.13. The van der Waals surface area contributed by atoms with E-state index in [4.69, 9.17) is 11.6 Å². The molecule has 0 radical (unpaired) electrons. The van der Waals surface area contributed by atoms with E-state index in [9.17, 15) is 14.4 Å². The molecule has 0 amide bonds. The molecule has 0 atom stereocenters. The first-order valence-electron chi connectivity index (χ1n) is 7.57. The fourth-order valence-electron chi connectivity index (χ4n) is 2.68. The van der Waals surface area contributed by atoms with Gasteiger partial charge in [0.1, 0.15) is 11.4 Å². The molecule has 1 aliphatic rings.